The number of hydrogen-bond acceptors (Lipinski definition) is 5. The monoisotopic (exact) mass is 486 g/mol. The van der Waals surface area contributed by atoms with Crippen LogP contribution in [0.25, 0.3) is 0 Å². The summed E-state index contributed by atoms with van der Waals surface area (Å²) in [4.78, 5) is 17.7. The molecule has 4 rings (SSSR count). The molecule has 1 aromatic heterocycles. The van der Waals surface area contributed by atoms with Crippen LogP contribution in [0.15, 0.2) is 65.8 Å². The third-order valence-corrected chi connectivity index (χ3v) is 8.02. The van der Waals surface area contributed by atoms with Crippen LogP contribution in [0.3, 0.4) is 0 Å². The molecule has 2 aromatic carbocycles. The number of benzene rings is 2. The maximum absolute atomic E-state index is 13.2. The molecule has 1 saturated heterocycles. The van der Waals surface area contributed by atoms with E-state index in [4.69, 9.17) is 4.74 Å². The van der Waals surface area contributed by atoms with E-state index < -0.39 is 21.9 Å². The van der Waals surface area contributed by atoms with Crippen LogP contribution in [0.5, 0.6) is 5.75 Å². The van der Waals surface area contributed by atoms with Crippen LogP contribution in [0, 0.1) is 11.7 Å². The van der Waals surface area contributed by atoms with Crippen LogP contribution in [-0.2, 0) is 21.9 Å². The minimum Gasteiger partial charge on any atom is -0.497 e. The van der Waals surface area contributed by atoms with Crippen molar-refractivity contribution in [3.8, 4) is 5.75 Å². The fourth-order valence-corrected chi connectivity index (χ4v) is 5.62. The summed E-state index contributed by atoms with van der Waals surface area (Å²) < 4.78 is 47.5. The first-order valence-electron chi connectivity index (χ1n) is 11.0. The van der Waals surface area contributed by atoms with E-state index in [2.05, 4.69) is 10.3 Å². The molecule has 1 N–H and O–H groups in total. The summed E-state index contributed by atoms with van der Waals surface area (Å²) in [6, 6.07) is 11.7. The van der Waals surface area contributed by atoms with Crippen LogP contribution in [0.4, 0.5) is 4.39 Å². The Bertz CT molecular complexity index is 1250. The Morgan fingerprint density at radius 2 is 1.88 bits per heavy atom. The van der Waals surface area contributed by atoms with Crippen LogP contribution in [0.2, 0.25) is 0 Å². The molecule has 0 bridgehead atoms. The first-order valence-corrected chi connectivity index (χ1v) is 12.4. The average Bonchev–Trinajstić information content (AvgIpc) is 3.28. The number of sulfonamides is 1. The summed E-state index contributed by atoms with van der Waals surface area (Å²) in [5.74, 6) is 0.360. The minimum absolute atomic E-state index is 0.0460. The lowest BCUT2D eigenvalue weighted by atomic mass is 9.96. The molecule has 0 unspecified atom stereocenters. The Hall–Kier alpha value is -3.24. The standard InChI is InChI=1S/C24H27FN4O4S/c1-28-15-12-26-23(28)22(18-4-3-5-20(16-18)33-2)27-24(30)17-10-13-29(14-11-17)34(31,32)21-8-6-19(25)7-9-21/h3-9,12,15-17,22H,10-11,13-14H2,1-2H3,(H,27,30)/t22-/m1/s1. The smallest absolute Gasteiger partial charge is 0.243 e. The number of hydrogen-bond donors (Lipinski definition) is 1. The molecule has 0 saturated carbocycles. The molecular weight excluding hydrogens is 459 g/mol. The van der Waals surface area contributed by atoms with Gasteiger partial charge >= 0.3 is 0 Å². The molecule has 180 valence electrons. The van der Waals surface area contributed by atoms with Gasteiger partial charge in [-0.2, -0.15) is 4.31 Å². The van der Waals surface area contributed by atoms with E-state index in [1.54, 1.807) is 13.3 Å². The summed E-state index contributed by atoms with van der Waals surface area (Å²) in [7, 11) is -0.289. The van der Waals surface area contributed by atoms with Gasteiger partial charge in [-0.3, -0.25) is 4.79 Å². The first-order chi connectivity index (χ1) is 16.3. The second kappa shape index (κ2) is 9.94. The summed E-state index contributed by atoms with van der Waals surface area (Å²) in [5.41, 5.74) is 0.832. The molecule has 0 radical (unpaired) electrons. The number of nitrogens with zero attached hydrogens (tertiary/aromatic N) is 3. The molecule has 1 aliphatic rings. The molecule has 10 heteroatoms. The van der Waals surface area contributed by atoms with Crippen molar-refractivity contribution in [2.45, 2.75) is 23.8 Å². The van der Waals surface area contributed by atoms with E-state index in [-0.39, 0.29) is 29.8 Å². The average molecular weight is 487 g/mol. The maximum Gasteiger partial charge on any atom is 0.243 e. The van der Waals surface area contributed by atoms with Crippen molar-refractivity contribution in [3.05, 3.63) is 78.1 Å². The SMILES string of the molecule is COc1cccc([C@@H](NC(=O)C2CCN(S(=O)(=O)c3ccc(F)cc3)CC2)c2nccn2C)c1. The molecule has 3 aromatic rings. The topological polar surface area (TPSA) is 93.5 Å². The van der Waals surface area contributed by atoms with Crippen LogP contribution in [-0.4, -0.2) is 48.4 Å². The van der Waals surface area contributed by atoms with Gasteiger partial charge in [0.1, 0.15) is 23.4 Å². The number of aromatic nitrogens is 2. The Morgan fingerprint density at radius 1 is 1.18 bits per heavy atom. The summed E-state index contributed by atoms with van der Waals surface area (Å²) in [5, 5.41) is 3.10. The predicted octanol–water partition coefficient (Wildman–Crippen LogP) is 2.87. The van der Waals surface area contributed by atoms with Crippen molar-refractivity contribution in [2.75, 3.05) is 20.2 Å². The third kappa shape index (κ3) is 4.97. The van der Waals surface area contributed by atoms with Crippen LogP contribution in [0.1, 0.15) is 30.3 Å². The van der Waals surface area contributed by atoms with Crippen molar-refractivity contribution in [1.29, 1.82) is 0 Å². The molecule has 0 aliphatic carbocycles. The number of ether oxygens (including phenoxy) is 1. The highest BCUT2D eigenvalue weighted by molar-refractivity contribution is 7.89. The number of amides is 1. The zero-order valence-corrected chi connectivity index (χ0v) is 19.8. The number of rotatable bonds is 7. The van der Waals surface area contributed by atoms with E-state index in [9.17, 15) is 17.6 Å². The van der Waals surface area contributed by atoms with Crippen molar-refractivity contribution < 1.29 is 22.3 Å². The highest BCUT2D eigenvalue weighted by Gasteiger charge is 2.33. The third-order valence-electron chi connectivity index (χ3n) is 6.11. The molecule has 1 amide bonds. The molecule has 34 heavy (non-hydrogen) atoms. The van der Waals surface area contributed by atoms with Crippen molar-refractivity contribution >= 4 is 15.9 Å². The number of carbonyl (C=O) groups excluding carboxylic acids is 1. The van der Waals surface area contributed by atoms with Gasteiger partial charge in [-0.25, -0.2) is 17.8 Å². The van der Waals surface area contributed by atoms with E-state index >= 15 is 0 Å². The van der Waals surface area contributed by atoms with Gasteiger partial charge in [-0.1, -0.05) is 12.1 Å². The second-order valence-corrected chi connectivity index (χ2v) is 10.2. The second-order valence-electron chi connectivity index (χ2n) is 8.25. The number of aryl methyl sites for hydroxylation is 1. The Morgan fingerprint density at radius 3 is 2.50 bits per heavy atom. The van der Waals surface area contributed by atoms with Gasteiger partial charge in [-0.15, -0.1) is 0 Å². The Balaban J connectivity index is 1.47. The number of nitrogens with one attached hydrogen (secondary N) is 1. The fourth-order valence-electron chi connectivity index (χ4n) is 4.15. The summed E-state index contributed by atoms with van der Waals surface area (Å²) >= 11 is 0. The zero-order valence-electron chi connectivity index (χ0n) is 19.0. The van der Waals surface area contributed by atoms with Crippen molar-refractivity contribution in [1.82, 2.24) is 19.2 Å². The summed E-state index contributed by atoms with van der Waals surface area (Å²) in [6.07, 6.45) is 4.26. The van der Waals surface area contributed by atoms with Crippen LogP contribution < -0.4 is 10.1 Å². The van der Waals surface area contributed by atoms with E-state index in [1.165, 1.54) is 16.4 Å². The molecule has 1 atom stereocenters. The Labute approximate surface area is 198 Å². The van der Waals surface area contributed by atoms with E-state index in [1.807, 2.05) is 42.1 Å². The van der Waals surface area contributed by atoms with E-state index in [0.29, 0.717) is 24.4 Å². The lowest BCUT2D eigenvalue weighted by Crippen LogP contribution is -2.44. The van der Waals surface area contributed by atoms with E-state index in [0.717, 1.165) is 17.7 Å². The van der Waals surface area contributed by atoms with Crippen molar-refractivity contribution in [3.63, 3.8) is 0 Å². The van der Waals surface area contributed by atoms with Gasteiger partial charge in [0.25, 0.3) is 0 Å². The summed E-state index contributed by atoms with van der Waals surface area (Å²) in [6.45, 7) is 0.425. The number of piperidine rings is 1. The van der Waals surface area contributed by atoms with Crippen LogP contribution >= 0.6 is 0 Å². The number of carbonyl (C=O) groups is 1. The van der Waals surface area contributed by atoms with Gasteiger partial charge in [0.2, 0.25) is 15.9 Å². The lowest BCUT2D eigenvalue weighted by molar-refractivity contribution is -0.126. The zero-order chi connectivity index (χ0) is 24.3. The maximum atomic E-state index is 13.2. The highest BCUT2D eigenvalue weighted by atomic mass is 32.2. The highest BCUT2D eigenvalue weighted by Crippen LogP contribution is 2.28. The normalized spacial score (nSPS) is 16.2. The Kier molecular flexibility index (Phi) is 6.99. The quantitative estimate of drug-likeness (QED) is 0.554. The minimum atomic E-state index is -3.74. The van der Waals surface area contributed by atoms with Gasteiger partial charge in [0.05, 0.1) is 12.0 Å². The van der Waals surface area contributed by atoms with Crippen molar-refractivity contribution in [2.24, 2.45) is 13.0 Å². The molecule has 1 aliphatic heterocycles. The fraction of sp³-hybridized carbons (Fsp3) is 0.333. The number of methoxy groups -OCH3 is 1. The molecular formula is C24H27FN4O4S. The molecule has 2 heterocycles. The number of imidazole rings is 1. The van der Waals surface area contributed by atoms with Gasteiger partial charge < -0.3 is 14.6 Å². The molecule has 8 nitrogen and oxygen atoms in total. The first kappa shape index (κ1) is 23.9. The number of halogens is 1. The molecule has 1 fully saturated rings. The van der Waals surface area contributed by atoms with Gasteiger partial charge in [0, 0.05) is 38.4 Å². The molecule has 0 spiro atoms. The lowest BCUT2D eigenvalue weighted by Gasteiger charge is -2.31. The van der Waals surface area contributed by atoms with Gasteiger partial charge in [0.15, 0.2) is 0 Å². The van der Waals surface area contributed by atoms with Gasteiger partial charge in [-0.05, 0) is 54.8 Å². The largest absolute Gasteiger partial charge is 0.497 e. The predicted molar refractivity (Wildman–Crippen MR) is 124 cm³/mol.